The lowest BCUT2D eigenvalue weighted by atomic mass is 9.96. The van der Waals surface area contributed by atoms with Crippen molar-refractivity contribution in [3.63, 3.8) is 0 Å². The van der Waals surface area contributed by atoms with Crippen LogP contribution in [-0.2, 0) is 13.0 Å². The number of halogens is 3. The highest BCUT2D eigenvalue weighted by molar-refractivity contribution is 6.04. The van der Waals surface area contributed by atoms with E-state index < -0.39 is 12.3 Å². The van der Waals surface area contributed by atoms with Gasteiger partial charge in [0.15, 0.2) is 0 Å². The molecule has 1 atom stereocenters. The van der Waals surface area contributed by atoms with E-state index in [2.05, 4.69) is 40.3 Å². The third-order valence-corrected chi connectivity index (χ3v) is 7.19. The summed E-state index contributed by atoms with van der Waals surface area (Å²) in [5, 5.41) is 12.5. The molecule has 0 spiro atoms. The molecule has 1 amide bonds. The highest BCUT2D eigenvalue weighted by atomic mass is 19.4. The second kappa shape index (κ2) is 12.6. The topological polar surface area (TPSA) is 108 Å². The fourth-order valence-electron chi connectivity index (χ4n) is 5.26. The number of aliphatic hydroxyl groups excluding tert-OH is 1. The van der Waals surface area contributed by atoms with E-state index in [0.717, 1.165) is 43.4 Å². The molecule has 1 heterocycles. The number of rotatable bonds is 10. The van der Waals surface area contributed by atoms with Gasteiger partial charge in [0.1, 0.15) is 17.3 Å². The SMILES string of the molecule is C=C(O)C[C@@H]1CCc2cc(-c3nc(C(=O)Nc4ccc(OC(F)(F)F)cc4C)c(C)n3CCCCC)ccc21.O. The molecule has 0 fully saturated rings. The Bertz CT molecular complexity index is 1380. The van der Waals surface area contributed by atoms with Crippen LogP contribution in [0, 0.1) is 13.8 Å². The van der Waals surface area contributed by atoms with Crippen molar-refractivity contribution in [3.8, 4) is 17.1 Å². The standard InChI is InChI=1S/C30H34F3N3O3.H2O/c1-5-6-7-14-36-20(4)27(29(38)34-26-13-11-24(15-18(26)2)39-30(31,32)33)35-28(36)23-10-12-25-21(16-19(3)37)8-9-22(25)17-23;/h10-13,15,17,21,37H,3,5-9,14,16H2,1-2,4H3,(H,34,38);1H2/t21-;/m0./s1. The number of hydrogen-bond acceptors (Lipinski definition) is 4. The predicted octanol–water partition coefficient (Wildman–Crippen LogP) is 7.17. The fraction of sp³-hybridized carbons (Fsp3) is 0.400. The van der Waals surface area contributed by atoms with Crippen molar-refractivity contribution < 1.29 is 33.3 Å². The van der Waals surface area contributed by atoms with Gasteiger partial charge in [0.05, 0.1) is 5.76 Å². The highest BCUT2D eigenvalue weighted by Crippen LogP contribution is 2.39. The number of aromatic nitrogens is 2. The van der Waals surface area contributed by atoms with Crippen LogP contribution in [0.3, 0.4) is 0 Å². The van der Waals surface area contributed by atoms with E-state index in [1.165, 1.54) is 29.3 Å². The first kappa shape index (κ1) is 30.7. The van der Waals surface area contributed by atoms with Crippen molar-refractivity contribution in [2.75, 3.05) is 5.32 Å². The molecule has 0 saturated carbocycles. The van der Waals surface area contributed by atoms with Crippen LogP contribution in [0.15, 0.2) is 48.7 Å². The summed E-state index contributed by atoms with van der Waals surface area (Å²) in [7, 11) is 0. The zero-order valence-electron chi connectivity index (χ0n) is 23.0. The van der Waals surface area contributed by atoms with Gasteiger partial charge in [0.25, 0.3) is 5.91 Å². The van der Waals surface area contributed by atoms with Crippen LogP contribution in [0.2, 0.25) is 0 Å². The largest absolute Gasteiger partial charge is 0.573 e. The van der Waals surface area contributed by atoms with Gasteiger partial charge in [-0.3, -0.25) is 4.79 Å². The number of aryl methyl sites for hydroxylation is 2. The minimum absolute atomic E-state index is 0. The fourth-order valence-corrected chi connectivity index (χ4v) is 5.26. The second-order valence-corrected chi connectivity index (χ2v) is 10.1. The van der Waals surface area contributed by atoms with Crippen LogP contribution in [-0.4, -0.2) is 32.4 Å². The van der Waals surface area contributed by atoms with Crippen LogP contribution in [0.5, 0.6) is 5.75 Å². The lowest BCUT2D eigenvalue weighted by molar-refractivity contribution is -0.274. The minimum atomic E-state index is -4.79. The van der Waals surface area contributed by atoms with Crippen molar-refractivity contribution >= 4 is 11.6 Å². The molecule has 0 saturated heterocycles. The number of imidazole rings is 1. The molecule has 0 unspecified atom stereocenters. The third-order valence-electron chi connectivity index (χ3n) is 7.19. The number of nitrogens with zero attached hydrogens (tertiary/aromatic N) is 2. The van der Waals surface area contributed by atoms with Crippen LogP contribution in [0.1, 0.15) is 77.8 Å². The number of carbonyl (C=O) groups is 1. The first-order valence-electron chi connectivity index (χ1n) is 13.2. The van der Waals surface area contributed by atoms with Crippen LogP contribution in [0.4, 0.5) is 18.9 Å². The van der Waals surface area contributed by atoms with E-state index in [4.69, 9.17) is 4.98 Å². The maximum Gasteiger partial charge on any atom is 0.573 e. The average molecular weight is 560 g/mol. The van der Waals surface area contributed by atoms with Crippen molar-refractivity contribution in [3.05, 3.63) is 76.8 Å². The smallest absolute Gasteiger partial charge is 0.513 e. The highest BCUT2D eigenvalue weighted by Gasteiger charge is 2.31. The maximum absolute atomic E-state index is 13.3. The Kier molecular flexibility index (Phi) is 9.68. The lowest BCUT2D eigenvalue weighted by Crippen LogP contribution is -2.18. The third kappa shape index (κ3) is 7.04. The first-order valence-corrected chi connectivity index (χ1v) is 13.2. The Morgan fingerprint density at radius 1 is 1.20 bits per heavy atom. The van der Waals surface area contributed by atoms with Crippen LogP contribution < -0.4 is 10.1 Å². The number of nitrogens with one attached hydrogen (secondary N) is 1. The average Bonchev–Trinajstić information content (AvgIpc) is 3.40. The van der Waals surface area contributed by atoms with Gasteiger partial charge in [0, 0.05) is 29.9 Å². The number of allylic oxidation sites excluding steroid dienone is 1. The van der Waals surface area contributed by atoms with E-state index in [-0.39, 0.29) is 28.6 Å². The number of alkyl halides is 3. The number of ether oxygens (including phenoxy) is 1. The Balaban J connectivity index is 0.00000441. The van der Waals surface area contributed by atoms with Gasteiger partial charge in [-0.25, -0.2) is 4.98 Å². The van der Waals surface area contributed by atoms with Gasteiger partial charge >= 0.3 is 6.36 Å². The molecule has 1 aliphatic carbocycles. The number of unbranched alkanes of at least 4 members (excludes halogenated alkanes) is 2. The molecule has 216 valence electrons. The van der Waals surface area contributed by atoms with E-state index in [9.17, 15) is 23.1 Å². The van der Waals surface area contributed by atoms with Crippen molar-refractivity contribution in [1.29, 1.82) is 0 Å². The van der Waals surface area contributed by atoms with E-state index in [0.29, 0.717) is 30.0 Å². The Morgan fingerprint density at radius 3 is 2.60 bits per heavy atom. The number of fused-ring (bicyclic) bond motifs is 1. The monoisotopic (exact) mass is 559 g/mol. The van der Waals surface area contributed by atoms with Gasteiger partial charge in [-0.15, -0.1) is 13.2 Å². The van der Waals surface area contributed by atoms with Crippen molar-refractivity contribution in [2.45, 2.75) is 78.1 Å². The maximum atomic E-state index is 13.3. The van der Waals surface area contributed by atoms with E-state index in [1.54, 1.807) is 6.92 Å². The zero-order valence-corrected chi connectivity index (χ0v) is 23.0. The molecule has 0 aliphatic heterocycles. The normalized spacial score (nSPS) is 14.4. The van der Waals surface area contributed by atoms with Crippen LogP contribution >= 0.6 is 0 Å². The number of amides is 1. The van der Waals surface area contributed by atoms with Gasteiger partial charge < -0.3 is 25.2 Å². The van der Waals surface area contributed by atoms with Gasteiger partial charge in [0.2, 0.25) is 0 Å². The first-order chi connectivity index (χ1) is 18.5. The van der Waals surface area contributed by atoms with Crippen LogP contribution in [0.25, 0.3) is 11.4 Å². The summed E-state index contributed by atoms with van der Waals surface area (Å²) in [4.78, 5) is 18.1. The van der Waals surface area contributed by atoms with E-state index >= 15 is 0 Å². The summed E-state index contributed by atoms with van der Waals surface area (Å²) in [6, 6.07) is 10.0. The predicted molar refractivity (Wildman–Crippen MR) is 149 cm³/mol. The molecule has 2 aromatic carbocycles. The molecule has 0 radical (unpaired) electrons. The molecule has 1 aliphatic rings. The van der Waals surface area contributed by atoms with Gasteiger partial charge in [-0.1, -0.05) is 38.5 Å². The minimum Gasteiger partial charge on any atom is -0.513 e. The summed E-state index contributed by atoms with van der Waals surface area (Å²) < 4.78 is 43.7. The molecule has 0 bridgehead atoms. The molecule has 10 heteroatoms. The molecule has 1 aromatic heterocycles. The zero-order chi connectivity index (χ0) is 28.3. The summed E-state index contributed by atoms with van der Waals surface area (Å²) in [5.74, 6) is 0.358. The lowest BCUT2D eigenvalue weighted by Gasteiger charge is -2.13. The van der Waals surface area contributed by atoms with Crippen molar-refractivity contribution in [1.82, 2.24) is 9.55 Å². The Hall–Kier alpha value is -3.79. The van der Waals surface area contributed by atoms with Gasteiger partial charge in [-0.05, 0) is 80.0 Å². The second-order valence-electron chi connectivity index (χ2n) is 10.1. The molecular weight excluding hydrogens is 523 g/mol. The number of anilines is 1. The molecule has 4 rings (SSSR count). The summed E-state index contributed by atoms with van der Waals surface area (Å²) in [6.45, 7) is 9.94. The molecule has 7 nitrogen and oxygen atoms in total. The molecule has 4 N–H and O–H groups in total. The quantitative estimate of drug-likeness (QED) is 0.203. The summed E-state index contributed by atoms with van der Waals surface area (Å²) in [5.41, 5.74) is 5.15. The Labute approximate surface area is 232 Å². The Morgan fingerprint density at radius 2 is 1.95 bits per heavy atom. The molecule has 3 aromatic rings. The van der Waals surface area contributed by atoms with Crippen molar-refractivity contribution in [2.24, 2.45) is 0 Å². The number of carbonyl (C=O) groups excluding carboxylic acids is 1. The number of aliphatic hydroxyl groups is 1. The number of hydrogen-bond donors (Lipinski definition) is 2. The summed E-state index contributed by atoms with van der Waals surface area (Å²) in [6.07, 6.45) is 0.638. The molecule has 40 heavy (non-hydrogen) atoms. The van der Waals surface area contributed by atoms with E-state index in [1.807, 2.05) is 13.0 Å². The van der Waals surface area contributed by atoms with Gasteiger partial charge in [-0.2, -0.15) is 0 Å². The number of benzene rings is 2. The molecular formula is C30H36F3N3O4. The summed E-state index contributed by atoms with van der Waals surface area (Å²) >= 11 is 0.